The average molecular weight is 335 g/mol. The third kappa shape index (κ3) is 3.26. The molecule has 0 aliphatic heterocycles. The first-order valence-corrected chi connectivity index (χ1v) is 5.98. The maximum absolute atomic E-state index is 13.4. The van der Waals surface area contributed by atoms with E-state index < -0.39 is 23.3 Å². The topological polar surface area (TPSA) is 9.23 Å². The molecule has 0 saturated heterocycles. The monoisotopic (exact) mass is 334 g/mol. The molecule has 0 radical (unpaired) electrons. The Bertz CT molecular complexity index is 616. The predicted octanol–water partition coefficient (Wildman–Crippen LogP) is 4.58. The van der Waals surface area contributed by atoms with Crippen molar-refractivity contribution in [2.75, 3.05) is 0 Å². The van der Waals surface area contributed by atoms with Crippen LogP contribution in [0.15, 0.2) is 34.8 Å². The molecule has 0 aliphatic carbocycles. The van der Waals surface area contributed by atoms with Gasteiger partial charge >= 0.3 is 0 Å². The van der Waals surface area contributed by atoms with Gasteiger partial charge in [-0.25, -0.2) is 17.6 Å². The van der Waals surface area contributed by atoms with Crippen LogP contribution in [0.3, 0.4) is 0 Å². The molecule has 100 valence electrons. The molecule has 0 aromatic heterocycles. The van der Waals surface area contributed by atoms with Crippen molar-refractivity contribution in [1.29, 1.82) is 0 Å². The lowest BCUT2D eigenvalue weighted by Crippen LogP contribution is -1.99. The van der Waals surface area contributed by atoms with E-state index in [1.807, 2.05) is 0 Å². The predicted molar refractivity (Wildman–Crippen MR) is 64.7 cm³/mol. The van der Waals surface area contributed by atoms with E-state index in [0.29, 0.717) is 5.56 Å². The van der Waals surface area contributed by atoms with E-state index >= 15 is 0 Å². The zero-order valence-corrected chi connectivity index (χ0v) is 11.0. The second-order valence-electron chi connectivity index (χ2n) is 3.73. The fourth-order valence-corrected chi connectivity index (χ4v) is 1.72. The summed E-state index contributed by atoms with van der Waals surface area (Å²) >= 11 is 2.83. The minimum absolute atomic E-state index is 0.0230. The summed E-state index contributed by atoms with van der Waals surface area (Å²) in [6.45, 7) is -0.199. The van der Waals surface area contributed by atoms with Gasteiger partial charge in [0.1, 0.15) is 12.4 Å². The SMILES string of the molecule is Fc1ccc(COc2cc(F)c(Br)cc2F)cc1F. The molecule has 0 atom stereocenters. The second-order valence-corrected chi connectivity index (χ2v) is 4.59. The van der Waals surface area contributed by atoms with Crippen LogP contribution < -0.4 is 4.74 Å². The van der Waals surface area contributed by atoms with Crippen LogP contribution in [0.1, 0.15) is 5.56 Å². The van der Waals surface area contributed by atoms with E-state index in [1.54, 1.807) is 0 Å². The lowest BCUT2D eigenvalue weighted by Gasteiger charge is -2.08. The maximum Gasteiger partial charge on any atom is 0.166 e. The Labute approximate surface area is 114 Å². The Morgan fingerprint density at radius 3 is 2.26 bits per heavy atom. The molecule has 2 aromatic rings. The van der Waals surface area contributed by atoms with E-state index in [9.17, 15) is 17.6 Å². The summed E-state index contributed by atoms with van der Waals surface area (Å²) in [6.07, 6.45) is 0. The molecule has 1 nitrogen and oxygen atoms in total. The van der Waals surface area contributed by atoms with Crippen LogP contribution in [-0.2, 0) is 6.61 Å². The van der Waals surface area contributed by atoms with Crippen molar-refractivity contribution in [2.45, 2.75) is 6.61 Å². The van der Waals surface area contributed by atoms with Gasteiger partial charge in [-0.15, -0.1) is 0 Å². The average Bonchev–Trinajstić information content (AvgIpc) is 2.36. The normalized spacial score (nSPS) is 10.6. The Morgan fingerprint density at radius 2 is 1.58 bits per heavy atom. The highest BCUT2D eigenvalue weighted by Crippen LogP contribution is 2.25. The minimum atomic E-state index is -1.02. The summed E-state index contributed by atoms with van der Waals surface area (Å²) < 4.78 is 57.2. The first kappa shape index (κ1) is 13.9. The van der Waals surface area contributed by atoms with E-state index in [1.165, 1.54) is 6.07 Å². The van der Waals surface area contributed by atoms with Crippen molar-refractivity contribution in [3.8, 4) is 5.75 Å². The molecule has 0 bridgehead atoms. The van der Waals surface area contributed by atoms with E-state index in [-0.39, 0.29) is 16.8 Å². The van der Waals surface area contributed by atoms with Crippen molar-refractivity contribution >= 4 is 15.9 Å². The minimum Gasteiger partial charge on any atom is -0.486 e. The quantitative estimate of drug-likeness (QED) is 0.589. The standard InChI is InChI=1S/C13H7BrF4O/c14-8-4-12(18)13(5-10(8)16)19-6-7-1-2-9(15)11(17)3-7/h1-5H,6H2. The maximum atomic E-state index is 13.4. The number of hydrogen-bond donors (Lipinski definition) is 0. The van der Waals surface area contributed by atoms with Crippen LogP contribution in [0.25, 0.3) is 0 Å². The molecule has 0 spiro atoms. The summed E-state index contributed by atoms with van der Waals surface area (Å²) in [7, 11) is 0. The Balaban J connectivity index is 2.14. The summed E-state index contributed by atoms with van der Waals surface area (Å²) in [5, 5.41) is 0. The van der Waals surface area contributed by atoms with Crippen LogP contribution in [0.2, 0.25) is 0 Å². The van der Waals surface area contributed by atoms with Gasteiger partial charge in [-0.1, -0.05) is 6.07 Å². The van der Waals surface area contributed by atoms with Crippen molar-refractivity contribution in [1.82, 2.24) is 0 Å². The smallest absolute Gasteiger partial charge is 0.166 e. The van der Waals surface area contributed by atoms with E-state index in [2.05, 4.69) is 15.9 Å². The van der Waals surface area contributed by atoms with Gasteiger partial charge in [0.2, 0.25) is 0 Å². The number of halogens is 5. The zero-order chi connectivity index (χ0) is 14.0. The van der Waals surface area contributed by atoms with Gasteiger partial charge in [0.15, 0.2) is 23.2 Å². The molecular formula is C13H7BrF4O. The number of rotatable bonds is 3. The summed E-state index contributed by atoms with van der Waals surface area (Å²) in [6, 6.07) is 4.97. The number of ether oxygens (including phenoxy) is 1. The first-order valence-electron chi connectivity index (χ1n) is 5.18. The fraction of sp³-hybridized carbons (Fsp3) is 0.0769. The van der Waals surface area contributed by atoms with Gasteiger partial charge < -0.3 is 4.74 Å². The molecule has 0 amide bonds. The molecule has 19 heavy (non-hydrogen) atoms. The molecule has 6 heteroatoms. The van der Waals surface area contributed by atoms with E-state index in [0.717, 1.165) is 24.3 Å². The Hall–Kier alpha value is -1.56. The molecule has 0 heterocycles. The van der Waals surface area contributed by atoms with E-state index in [4.69, 9.17) is 4.74 Å². The molecule has 0 saturated carbocycles. The van der Waals surface area contributed by atoms with Gasteiger partial charge in [-0.3, -0.25) is 0 Å². The van der Waals surface area contributed by atoms with Gasteiger partial charge in [0, 0.05) is 6.07 Å². The number of benzene rings is 2. The molecule has 0 aliphatic rings. The third-order valence-electron chi connectivity index (χ3n) is 2.35. The molecule has 0 fully saturated rings. The van der Waals surface area contributed by atoms with Gasteiger partial charge in [-0.05, 0) is 39.7 Å². The van der Waals surface area contributed by atoms with Crippen LogP contribution in [0.4, 0.5) is 17.6 Å². The Morgan fingerprint density at radius 1 is 0.842 bits per heavy atom. The summed E-state index contributed by atoms with van der Waals surface area (Å²) in [5.41, 5.74) is 0.307. The van der Waals surface area contributed by atoms with Crippen molar-refractivity contribution < 1.29 is 22.3 Å². The highest BCUT2D eigenvalue weighted by Gasteiger charge is 2.10. The second kappa shape index (κ2) is 5.61. The van der Waals surface area contributed by atoms with Crippen molar-refractivity contribution in [2.24, 2.45) is 0 Å². The molecule has 0 unspecified atom stereocenters. The highest BCUT2D eigenvalue weighted by atomic mass is 79.9. The van der Waals surface area contributed by atoms with Crippen molar-refractivity contribution in [3.05, 3.63) is 63.6 Å². The molecule has 2 rings (SSSR count). The lowest BCUT2D eigenvalue weighted by molar-refractivity contribution is 0.287. The molecular weight excluding hydrogens is 328 g/mol. The first-order chi connectivity index (χ1) is 8.97. The van der Waals surface area contributed by atoms with Gasteiger partial charge in [0.25, 0.3) is 0 Å². The molecule has 0 N–H and O–H groups in total. The van der Waals surface area contributed by atoms with Gasteiger partial charge in [-0.2, -0.15) is 0 Å². The van der Waals surface area contributed by atoms with Crippen LogP contribution in [0, 0.1) is 23.3 Å². The Kier molecular flexibility index (Phi) is 4.09. The van der Waals surface area contributed by atoms with Crippen LogP contribution in [0.5, 0.6) is 5.75 Å². The largest absolute Gasteiger partial charge is 0.486 e. The third-order valence-corrected chi connectivity index (χ3v) is 2.96. The molecule has 2 aromatic carbocycles. The van der Waals surface area contributed by atoms with Crippen LogP contribution in [-0.4, -0.2) is 0 Å². The fourth-order valence-electron chi connectivity index (χ4n) is 1.41. The highest BCUT2D eigenvalue weighted by molar-refractivity contribution is 9.10. The van der Waals surface area contributed by atoms with Crippen LogP contribution >= 0.6 is 15.9 Å². The number of hydrogen-bond acceptors (Lipinski definition) is 1. The van der Waals surface area contributed by atoms with Crippen molar-refractivity contribution in [3.63, 3.8) is 0 Å². The lowest BCUT2D eigenvalue weighted by atomic mass is 10.2. The summed E-state index contributed by atoms with van der Waals surface area (Å²) in [5.74, 6) is -3.74. The van der Waals surface area contributed by atoms with Gasteiger partial charge in [0.05, 0.1) is 4.47 Å². The summed E-state index contributed by atoms with van der Waals surface area (Å²) in [4.78, 5) is 0. The zero-order valence-electron chi connectivity index (χ0n) is 9.39.